The lowest BCUT2D eigenvalue weighted by atomic mass is 10.1. The van der Waals surface area contributed by atoms with E-state index < -0.39 is 27.5 Å². The van der Waals surface area contributed by atoms with Crippen molar-refractivity contribution in [2.24, 2.45) is 0 Å². The van der Waals surface area contributed by atoms with E-state index in [0.717, 1.165) is 6.07 Å². The highest BCUT2D eigenvalue weighted by atomic mass is 32.2. The minimum absolute atomic E-state index is 0.167. The Morgan fingerprint density at radius 2 is 1.44 bits per heavy atom. The van der Waals surface area contributed by atoms with Crippen LogP contribution in [0.1, 0.15) is 10.4 Å². The molecule has 0 radical (unpaired) electrons. The van der Waals surface area contributed by atoms with Crippen molar-refractivity contribution in [1.82, 2.24) is 10.0 Å². The Morgan fingerprint density at radius 3 is 2.08 bits per heavy atom. The molecule has 2 aromatic rings. The Kier molecular flexibility index (Phi) is 5.63. The number of nitro benzene ring substituents is 2. The van der Waals surface area contributed by atoms with E-state index in [0.29, 0.717) is 11.9 Å². The van der Waals surface area contributed by atoms with E-state index >= 15 is 0 Å². The zero-order valence-corrected chi connectivity index (χ0v) is 13.2. The Labute approximate surface area is 144 Å². The van der Waals surface area contributed by atoms with Crippen molar-refractivity contribution in [2.45, 2.75) is 4.90 Å². The summed E-state index contributed by atoms with van der Waals surface area (Å²) in [7, 11) is 0. The molecule has 0 saturated heterocycles. The first-order valence-electron chi connectivity index (χ1n) is 6.65. The fourth-order valence-corrected chi connectivity index (χ4v) is 2.46. The Bertz CT molecular complexity index is 857. The molecule has 2 N–H and O–H groups in total. The molecule has 128 valence electrons. The van der Waals surface area contributed by atoms with Crippen molar-refractivity contribution >= 4 is 35.3 Å². The maximum Gasteiger partial charge on any atom is 0.331 e. The van der Waals surface area contributed by atoms with Gasteiger partial charge in [0.15, 0.2) is 0 Å². The van der Waals surface area contributed by atoms with Crippen molar-refractivity contribution in [3.63, 3.8) is 0 Å². The van der Waals surface area contributed by atoms with Gasteiger partial charge in [0.2, 0.25) is 0 Å². The van der Waals surface area contributed by atoms with Gasteiger partial charge in [-0.3, -0.25) is 35.1 Å². The Hall–Kier alpha value is -3.47. The average Bonchev–Trinajstić information content (AvgIpc) is 2.60. The van der Waals surface area contributed by atoms with Crippen molar-refractivity contribution in [3.8, 4) is 0 Å². The highest BCUT2D eigenvalue weighted by molar-refractivity contribution is 7.98. The van der Waals surface area contributed by atoms with E-state index in [2.05, 4.69) is 4.72 Å². The molecule has 0 unspecified atom stereocenters. The molecule has 0 aliphatic rings. The summed E-state index contributed by atoms with van der Waals surface area (Å²) in [6.07, 6.45) is 0. The topological polar surface area (TPSA) is 144 Å². The smallest absolute Gasteiger partial charge is 0.277 e. The van der Waals surface area contributed by atoms with Gasteiger partial charge in [-0.2, -0.15) is 0 Å². The number of nitrogens with one attached hydrogen (secondary N) is 2. The molecule has 11 heteroatoms. The Morgan fingerprint density at radius 1 is 0.880 bits per heavy atom. The fourth-order valence-electron chi connectivity index (χ4n) is 1.82. The number of carbonyl (C=O) groups excluding carboxylic acids is 2. The highest BCUT2D eigenvalue weighted by Gasteiger charge is 2.21. The molecule has 25 heavy (non-hydrogen) atoms. The number of urea groups is 1. The van der Waals surface area contributed by atoms with Gasteiger partial charge < -0.3 is 0 Å². The molecule has 0 fully saturated rings. The first-order valence-corrected chi connectivity index (χ1v) is 7.47. The third kappa shape index (κ3) is 4.51. The van der Waals surface area contributed by atoms with E-state index in [9.17, 15) is 29.8 Å². The summed E-state index contributed by atoms with van der Waals surface area (Å²) in [5, 5.41) is 23.7. The summed E-state index contributed by atoms with van der Waals surface area (Å²) in [6.45, 7) is 0. The lowest BCUT2D eigenvalue weighted by Crippen LogP contribution is -2.36. The van der Waals surface area contributed by atoms with Crippen LogP contribution < -0.4 is 10.0 Å². The summed E-state index contributed by atoms with van der Waals surface area (Å²) in [6, 6.07) is 9.89. The molecular weight excluding hydrogens is 352 g/mol. The van der Waals surface area contributed by atoms with Gasteiger partial charge >= 0.3 is 6.03 Å². The zero-order chi connectivity index (χ0) is 18.4. The van der Waals surface area contributed by atoms with E-state index in [1.54, 1.807) is 6.07 Å². The predicted octanol–water partition coefficient (Wildman–Crippen LogP) is 2.65. The van der Waals surface area contributed by atoms with E-state index in [1.165, 1.54) is 36.4 Å². The quantitative estimate of drug-likeness (QED) is 0.472. The highest BCUT2D eigenvalue weighted by Crippen LogP contribution is 2.26. The second kappa shape index (κ2) is 7.88. The first-order chi connectivity index (χ1) is 11.9. The molecule has 0 aliphatic carbocycles. The summed E-state index contributed by atoms with van der Waals surface area (Å²) in [4.78, 5) is 44.3. The van der Waals surface area contributed by atoms with Crippen LogP contribution in [0.5, 0.6) is 0 Å². The largest absolute Gasteiger partial charge is 0.331 e. The van der Waals surface area contributed by atoms with Crippen LogP contribution in [0.25, 0.3) is 0 Å². The molecule has 3 amide bonds. The van der Waals surface area contributed by atoms with Crippen LogP contribution in [0, 0.1) is 20.2 Å². The molecule has 0 atom stereocenters. The number of carbonyl (C=O) groups is 2. The van der Waals surface area contributed by atoms with E-state index in [-0.39, 0.29) is 16.1 Å². The standard InChI is InChI=1S/C14H10N4O6S/c19-13(9-5-1-2-6-10(9)17(21)22)15-14(20)16-25-12-8-4-3-7-11(12)18(23)24/h1-8H,(H2,15,16,19,20). The van der Waals surface area contributed by atoms with Gasteiger partial charge in [0.05, 0.1) is 9.85 Å². The zero-order valence-electron chi connectivity index (χ0n) is 12.4. The number of para-hydroxylation sites is 2. The van der Waals surface area contributed by atoms with Crippen molar-refractivity contribution in [3.05, 3.63) is 74.3 Å². The van der Waals surface area contributed by atoms with Crippen LogP contribution in [0.15, 0.2) is 53.4 Å². The van der Waals surface area contributed by atoms with Crippen molar-refractivity contribution < 1.29 is 19.4 Å². The molecule has 10 nitrogen and oxygen atoms in total. The minimum Gasteiger partial charge on any atom is -0.277 e. The number of hydrogen-bond donors (Lipinski definition) is 2. The Balaban J connectivity index is 2.03. The minimum atomic E-state index is -0.966. The second-order valence-corrected chi connectivity index (χ2v) is 5.33. The van der Waals surface area contributed by atoms with Crippen LogP contribution >= 0.6 is 11.9 Å². The van der Waals surface area contributed by atoms with Gasteiger partial charge in [-0.05, 0) is 24.1 Å². The summed E-state index contributed by atoms with van der Waals surface area (Å²) < 4.78 is 2.22. The SMILES string of the molecule is O=C(NSc1ccccc1[N+](=O)[O-])NC(=O)c1ccccc1[N+](=O)[O-]. The number of rotatable bonds is 5. The molecule has 2 rings (SSSR count). The van der Waals surface area contributed by atoms with Gasteiger partial charge in [0, 0.05) is 12.1 Å². The van der Waals surface area contributed by atoms with Crippen LogP contribution in [0.3, 0.4) is 0 Å². The predicted molar refractivity (Wildman–Crippen MR) is 88.0 cm³/mol. The number of imide groups is 1. The maximum absolute atomic E-state index is 12.0. The van der Waals surface area contributed by atoms with Gasteiger partial charge in [-0.1, -0.05) is 24.3 Å². The summed E-state index contributed by atoms with van der Waals surface area (Å²) in [5.74, 6) is -0.965. The normalized spacial score (nSPS) is 9.92. The number of nitro groups is 2. The monoisotopic (exact) mass is 362 g/mol. The number of hydrogen-bond acceptors (Lipinski definition) is 7. The third-order valence-corrected chi connectivity index (χ3v) is 3.74. The number of nitrogens with zero attached hydrogens (tertiary/aromatic N) is 2. The van der Waals surface area contributed by atoms with E-state index in [1.807, 2.05) is 5.32 Å². The van der Waals surface area contributed by atoms with Gasteiger partial charge in [-0.15, -0.1) is 0 Å². The molecule has 0 saturated carbocycles. The van der Waals surface area contributed by atoms with E-state index in [4.69, 9.17) is 0 Å². The third-order valence-electron chi connectivity index (χ3n) is 2.89. The molecule has 0 aromatic heterocycles. The summed E-state index contributed by atoms with van der Waals surface area (Å²) >= 11 is 0.641. The van der Waals surface area contributed by atoms with Crippen LogP contribution in [-0.2, 0) is 0 Å². The second-order valence-electron chi connectivity index (χ2n) is 4.49. The molecule has 2 aromatic carbocycles. The summed E-state index contributed by atoms with van der Waals surface area (Å²) in [5.41, 5.74) is -0.935. The average molecular weight is 362 g/mol. The van der Waals surface area contributed by atoms with Gasteiger partial charge in [0.25, 0.3) is 17.3 Å². The van der Waals surface area contributed by atoms with Crippen molar-refractivity contribution in [1.29, 1.82) is 0 Å². The van der Waals surface area contributed by atoms with Crippen LogP contribution in [0.2, 0.25) is 0 Å². The van der Waals surface area contributed by atoms with Crippen LogP contribution in [-0.4, -0.2) is 21.8 Å². The number of benzene rings is 2. The molecule has 0 heterocycles. The molecular formula is C14H10N4O6S. The molecule has 0 aliphatic heterocycles. The molecule has 0 spiro atoms. The molecule has 0 bridgehead atoms. The number of amides is 3. The lowest BCUT2D eigenvalue weighted by molar-refractivity contribution is -0.387. The lowest BCUT2D eigenvalue weighted by Gasteiger charge is -2.06. The van der Waals surface area contributed by atoms with Crippen LogP contribution in [0.4, 0.5) is 16.2 Å². The fraction of sp³-hybridized carbons (Fsp3) is 0. The van der Waals surface area contributed by atoms with Gasteiger partial charge in [0.1, 0.15) is 10.5 Å². The first kappa shape index (κ1) is 17.9. The maximum atomic E-state index is 12.0. The van der Waals surface area contributed by atoms with Gasteiger partial charge in [-0.25, -0.2) is 4.79 Å². The van der Waals surface area contributed by atoms with Crippen molar-refractivity contribution in [2.75, 3.05) is 0 Å².